The molecule has 5 heteroatoms. The topological polar surface area (TPSA) is 32.3 Å². The Balaban J connectivity index is 1.65. The molecule has 0 aromatic carbocycles. The Morgan fingerprint density at radius 3 is 2.60 bits per heavy atom. The van der Waals surface area contributed by atoms with Gasteiger partial charge in [0.2, 0.25) is 0 Å². The summed E-state index contributed by atoms with van der Waals surface area (Å²) < 4.78 is 0.916. The Morgan fingerprint density at radius 1 is 1.25 bits per heavy atom. The standard InChI is InChI=1S/C15H23BrN4/c1-19-7-5-11(6-8-19)10-20(2)14-9-13(16)17-15(18-14)12-3-4-12/h9,11-12H,3-8,10H2,1-2H3. The summed E-state index contributed by atoms with van der Waals surface area (Å²) in [6.45, 7) is 3.54. The second-order valence-electron chi connectivity index (χ2n) is 6.31. The van der Waals surface area contributed by atoms with Crippen molar-refractivity contribution in [3.63, 3.8) is 0 Å². The molecule has 0 bridgehead atoms. The van der Waals surface area contributed by atoms with Crippen molar-refractivity contribution in [3.8, 4) is 0 Å². The average Bonchev–Trinajstić information content (AvgIpc) is 3.25. The number of hydrogen-bond donors (Lipinski definition) is 0. The van der Waals surface area contributed by atoms with E-state index >= 15 is 0 Å². The predicted molar refractivity (Wildman–Crippen MR) is 85.2 cm³/mol. The number of aromatic nitrogens is 2. The zero-order valence-corrected chi connectivity index (χ0v) is 13.9. The van der Waals surface area contributed by atoms with E-state index in [-0.39, 0.29) is 0 Å². The summed E-state index contributed by atoms with van der Waals surface area (Å²) in [5.41, 5.74) is 0. The van der Waals surface area contributed by atoms with E-state index in [0.717, 1.165) is 28.7 Å². The largest absolute Gasteiger partial charge is 0.359 e. The van der Waals surface area contributed by atoms with E-state index in [1.807, 2.05) is 6.07 Å². The van der Waals surface area contributed by atoms with E-state index in [1.54, 1.807) is 0 Å². The first-order valence-corrected chi connectivity index (χ1v) is 8.35. The molecule has 4 nitrogen and oxygen atoms in total. The fourth-order valence-electron chi connectivity index (χ4n) is 2.87. The van der Waals surface area contributed by atoms with Gasteiger partial charge in [-0.15, -0.1) is 0 Å². The minimum atomic E-state index is 0.600. The number of rotatable bonds is 4. The lowest BCUT2D eigenvalue weighted by atomic mass is 9.97. The van der Waals surface area contributed by atoms with Gasteiger partial charge < -0.3 is 9.80 Å². The first-order valence-electron chi connectivity index (χ1n) is 7.56. The average molecular weight is 339 g/mol. The summed E-state index contributed by atoms with van der Waals surface area (Å²) in [6, 6.07) is 2.04. The van der Waals surface area contributed by atoms with Crippen LogP contribution in [-0.4, -0.2) is 48.6 Å². The van der Waals surface area contributed by atoms with Gasteiger partial charge in [-0.1, -0.05) is 0 Å². The maximum Gasteiger partial charge on any atom is 0.135 e. The Hall–Kier alpha value is -0.680. The molecule has 1 aliphatic carbocycles. The van der Waals surface area contributed by atoms with Crippen molar-refractivity contribution in [2.75, 3.05) is 38.6 Å². The van der Waals surface area contributed by atoms with Crippen LogP contribution in [0.25, 0.3) is 0 Å². The molecule has 3 rings (SSSR count). The van der Waals surface area contributed by atoms with Gasteiger partial charge in [0.15, 0.2) is 0 Å². The summed E-state index contributed by atoms with van der Waals surface area (Å²) in [4.78, 5) is 14.0. The molecule has 0 radical (unpaired) electrons. The molecule has 20 heavy (non-hydrogen) atoms. The Bertz CT molecular complexity index is 467. The number of halogens is 1. The third-order valence-electron chi connectivity index (χ3n) is 4.40. The van der Waals surface area contributed by atoms with Crippen molar-refractivity contribution in [2.45, 2.75) is 31.6 Å². The maximum absolute atomic E-state index is 4.75. The molecule has 1 aliphatic heterocycles. The van der Waals surface area contributed by atoms with Crippen LogP contribution in [0.15, 0.2) is 10.7 Å². The van der Waals surface area contributed by atoms with E-state index in [0.29, 0.717) is 5.92 Å². The van der Waals surface area contributed by atoms with Crippen molar-refractivity contribution in [2.24, 2.45) is 5.92 Å². The van der Waals surface area contributed by atoms with Crippen LogP contribution in [0.3, 0.4) is 0 Å². The minimum Gasteiger partial charge on any atom is -0.359 e. The fourth-order valence-corrected chi connectivity index (χ4v) is 3.25. The third kappa shape index (κ3) is 3.50. The number of nitrogens with zero attached hydrogens (tertiary/aromatic N) is 4. The zero-order chi connectivity index (χ0) is 14.1. The van der Waals surface area contributed by atoms with Gasteiger partial charge in [0.1, 0.15) is 16.2 Å². The van der Waals surface area contributed by atoms with Crippen molar-refractivity contribution >= 4 is 21.7 Å². The molecule has 1 aromatic rings. The molecule has 1 saturated heterocycles. The number of likely N-dealkylation sites (tertiary alicyclic amines) is 1. The molecular weight excluding hydrogens is 316 g/mol. The quantitative estimate of drug-likeness (QED) is 0.790. The molecule has 1 aromatic heterocycles. The van der Waals surface area contributed by atoms with Gasteiger partial charge in [-0.25, -0.2) is 9.97 Å². The van der Waals surface area contributed by atoms with E-state index < -0.39 is 0 Å². The normalized spacial score (nSPS) is 21.1. The van der Waals surface area contributed by atoms with Gasteiger partial charge in [0, 0.05) is 25.6 Å². The number of anilines is 1. The number of piperidine rings is 1. The van der Waals surface area contributed by atoms with E-state index in [9.17, 15) is 0 Å². The van der Waals surface area contributed by atoms with Crippen LogP contribution in [-0.2, 0) is 0 Å². The lowest BCUT2D eigenvalue weighted by molar-refractivity contribution is 0.222. The lowest BCUT2D eigenvalue weighted by Crippen LogP contribution is -2.36. The van der Waals surface area contributed by atoms with Crippen LogP contribution in [0.4, 0.5) is 5.82 Å². The van der Waals surface area contributed by atoms with Crippen LogP contribution >= 0.6 is 15.9 Å². The van der Waals surface area contributed by atoms with Gasteiger partial charge in [0.25, 0.3) is 0 Å². The Kier molecular flexibility index (Phi) is 4.26. The first-order chi connectivity index (χ1) is 9.61. The van der Waals surface area contributed by atoms with Crippen LogP contribution < -0.4 is 4.90 Å². The summed E-state index contributed by atoms with van der Waals surface area (Å²) in [5.74, 6) is 3.47. The molecule has 0 unspecified atom stereocenters. The van der Waals surface area contributed by atoms with Gasteiger partial charge in [-0.05, 0) is 67.7 Å². The second-order valence-corrected chi connectivity index (χ2v) is 7.12. The maximum atomic E-state index is 4.75. The highest BCUT2D eigenvalue weighted by molar-refractivity contribution is 9.10. The molecule has 1 saturated carbocycles. The van der Waals surface area contributed by atoms with Gasteiger partial charge in [-0.2, -0.15) is 0 Å². The Labute approximate surface area is 129 Å². The second kappa shape index (κ2) is 5.98. The van der Waals surface area contributed by atoms with Crippen LogP contribution in [0.1, 0.15) is 37.4 Å². The van der Waals surface area contributed by atoms with E-state index in [2.05, 4.69) is 44.8 Å². The third-order valence-corrected chi connectivity index (χ3v) is 4.81. The molecule has 2 aliphatic rings. The lowest BCUT2D eigenvalue weighted by Gasteiger charge is -2.32. The molecule has 0 spiro atoms. The van der Waals surface area contributed by atoms with Gasteiger partial charge >= 0.3 is 0 Å². The minimum absolute atomic E-state index is 0.600. The SMILES string of the molecule is CN1CCC(CN(C)c2cc(Br)nc(C3CC3)n2)CC1. The molecule has 0 N–H and O–H groups in total. The van der Waals surface area contributed by atoms with Crippen LogP contribution in [0.5, 0.6) is 0 Å². The summed E-state index contributed by atoms with van der Waals surface area (Å²) in [7, 11) is 4.37. The number of hydrogen-bond acceptors (Lipinski definition) is 4. The van der Waals surface area contributed by atoms with E-state index in [1.165, 1.54) is 38.8 Å². The first kappa shape index (κ1) is 14.3. The van der Waals surface area contributed by atoms with Crippen molar-refractivity contribution in [3.05, 3.63) is 16.5 Å². The van der Waals surface area contributed by atoms with Crippen LogP contribution in [0, 0.1) is 5.92 Å². The summed E-state index contributed by atoms with van der Waals surface area (Å²) in [5, 5.41) is 0. The van der Waals surface area contributed by atoms with E-state index in [4.69, 9.17) is 4.98 Å². The smallest absolute Gasteiger partial charge is 0.135 e. The molecule has 2 fully saturated rings. The summed E-state index contributed by atoms with van der Waals surface area (Å²) in [6.07, 6.45) is 5.08. The van der Waals surface area contributed by atoms with Crippen molar-refractivity contribution in [1.82, 2.24) is 14.9 Å². The highest BCUT2D eigenvalue weighted by atomic mass is 79.9. The molecular formula is C15H23BrN4. The monoisotopic (exact) mass is 338 g/mol. The fraction of sp³-hybridized carbons (Fsp3) is 0.733. The van der Waals surface area contributed by atoms with Crippen molar-refractivity contribution < 1.29 is 0 Å². The molecule has 110 valence electrons. The predicted octanol–water partition coefficient (Wildman–Crippen LogP) is 2.89. The molecule has 0 atom stereocenters. The van der Waals surface area contributed by atoms with Gasteiger partial charge in [-0.3, -0.25) is 0 Å². The van der Waals surface area contributed by atoms with Crippen LogP contribution in [0.2, 0.25) is 0 Å². The Morgan fingerprint density at radius 2 is 1.95 bits per heavy atom. The zero-order valence-electron chi connectivity index (χ0n) is 12.3. The molecule has 0 amide bonds. The van der Waals surface area contributed by atoms with Gasteiger partial charge in [0.05, 0.1) is 0 Å². The highest BCUT2D eigenvalue weighted by Crippen LogP contribution is 2.39. The summed E-state index contributed by atoms with van der Waals surface area (Å²) >= 11 is 3.53. The van der Waals surface area contributed by atoms with Crippen molar-refractivity contribution in [1.29, 1.82) is 0 Å². The highest BCUT2D eigenvalue weighted by Gasteiger charge is 2.28. The molecule has 2 heterocycles.